The second-order valence-corrected chi connectivity index (χ2v) is 10.3. The fraction of sp³-hybridized carbons (Fsp3) is 0.233. The minimum Gasteiger partial charge on any atom is -0.347 e. The number of aryl methyl sites for hydroxylation is 4. The normalized spacial score (nSPS) is 16.6. The molecule has 36 heavy (non-hydrogen) atoms. The summed E-state index contributed by atoms with van der Waals surface area (Å²) in [6.07, 6.45) is 0.514. The molecule has 1 fully saturated rings. The van der Waals surface area contributed by atoms with Gasteiger partial charge in [0.1, 0.15) is 16.7 Å². The first-order valence-corrected chi connectivity index (χ1v) is 12.8. The van der Waals surface area contributed by atoms with Crippen LogP contribution in [0.5, 0.6) is 0 Å². The molecule has 1 unspecified atom stereocenters. The fourth-order valence-corrected chi connectivity index (χ4v) is 5.41. The van der Waals surface area contributed by atoms with Crippen LogP contribution < -0.4 is 10.2 Å². The van der Waals surface area contributed by atoms with Crippen LogP contribution in [0.2, 0.25) is 0 Å². The number of nitriles is 1. The van der Waals surface area contributed by atoms with Crippen molar-refractivity contribution in [2.75, 3.05) is 4.90 Å². The van der Waals surface area contributed by atoms with E-state index in [2.05, 4.69) is 37.4 Å². The van der Waals surface area contributed by atoms with Crippen molar-refractivity contribution in [1.29, 1.82) is 5.26 Å². The summed E-state index contributed by atoms with van der Waals surface area (Å²) in [6.45, 7) is 8.41. The third-order valence-corrected chi connectivity index (χ3v) is 7.81. The monoisotopic (exact) mass is 495 g/mol. The Kier molecular flexibility index (Phi) is 7.61. The molecule has 1 atom stereocenters. The lowest BCUT2D eigenvalue weighted by atomic mass is 10.0. The summed E-state index contributed by atoms with van der Waals surface area (Å²) < 4.78 is 0. The van der Waals surface area contributed by atoms with Crippen molar-refractivity contribution < 1.29 is 9.59 Å². The van der Waals surface area contributed by atoms with E-state index < -0.39 is 11.2 Å². The quantitative estimate of drug-likeness (QED) is 0.354. The number of rotatable bonds is 6. The lowest BCUT2D eigenvalue weighted by Gasteiger charge is -2.20. The highest BCUT2D eigenvalue weighted by Gasteiger charge is 2.40. The maximum atomic E-state index is 13.7. The number of nitrogens with one attached hydrogen (secondary N) is 1. The highest BCUT2D eigenvalue weighted by molar-refractivity contribution is 8.05. The zero-order valence-electron chi connectivity index (χ0n) is 21.0. The molecule has 0 aromatic heterocycles. The number of amides is 2. The van der Waals surface area contributed by atoms with Gasteiger partial charge in [-0.25, -0.2) is 0 Å². The predicted octanol–water partition coefficient (Wildman–Crippen LogP) is 5.66. The van der Waals surface area contributed by atoms with E-state index in [0.717, 1.165) is 22.3 Å². The summed E-state index contributed by atoms with van der Waals surface area (Å²) in [6, 6.07) is 23.6. The summed E-state index contributed by atoms with van der Waals surface area (Å²) in [5.41, 5.74) is 7.11. The van der Waals surface area contributed by atoms with Gasteiger partial charge in [0.15, 0.2) is 0 Å². The molecule has 2 amide bonds. The predicted molar refractivity (Wildman–Crippen MR) is 145 cm³/mol. The third kappa shape index (κ3) is 5.37. The van der Waals surface area contributed by atoms with Gasteiger partial charge in [-0.3, -0.25) is 14.5 Å². The zero-order valence-corrected chi connectivity index (χ0v) is 21.8. The minimum atomic E-state index is -0.489. The Morgan fingerprint density at radius 3 is 2.22 bits per heavy atom. The van der Waals surface area contributed by atoms with Crippen molar-refractivity contribution >= 4 is 29.3 Å². The summed E-state index contributed by atoms with van der Waals surface area (Å²) in [7, 11) is 0. The molecule has 5 nitrogen and oxygen atoms in total. The Labute approximate surface area is 216 Å². The van der Waals surface area contributed by atoms with Crippen molar-refractivity contribution in [3.63, 3.8) is 0 Å². The summed E-state index contributed by atoms with van der Waals surface area (Å²) in [5.74, 6) is -0.614. The van der Waals surface area contributed by atoms with Gasteiger partial charge in [0, 0.05) is 12.2 Å². The van der Waals surface area contributed by atoms with E-state index in [4.69, 9.17) is 0 Å². The van der Waals surface area contributed by atoms with Crippen LogP contribution in [0, 0.1) is 39.0 Å². The van der Waals surface area contributed by atoms with Crippen LogP contribution in [0.3, 0.4) is 0 Å². The molecule has 6 heteroatoms. The Hall–Kier alpha value is -3.82. The van der Waals surface area contributed by atoms with Crippen molar-refractivity contribution in [3.8, 4) is 6.07 Å². The number of thioether (sulfide) groups is 1. The molecule has 1 aliphatic rings. The summed E-state index contributed by atoms with van der Waals surface area (Å²) in [5, 5.41) is 12.8. The standard InChI is InChI=1S/C30H29N3O2S/c1-19-10-12-24(14-21(19)3)16-27-29(35)33(25-13-11-20(2)22(4)15-25)30(36-27)26(17-31)28(34)32-18-23-8-6-5-7-9-23/h5-15,27H,16,18H2,1-4H3,(H,32,34)/b30-26-. The van der Waals surface area contributed by atoms with Gasteiger partial charge in [-0.1, -0.05) is 66.4 Å². The number of anilines is 1. The maximum Gasteiger partial charge on any atom is 0.264 e. The van der Waals surface area contributed by atoms with Crippen LogP contribution in [0.25, 0.3) is 0 Å². The Balaban J connectivity index is 1.70. The molecular formula is C30H29N3O2S. The van der Waals surface area contributed by atoms with Crippen LogP contribution in [-0.4, -0.2) is 17.1 Å². The molecule has 1 saturated heterocycles. The number of hydrogen-bond acceptors (Lipinski definition) is 4. The van der Waals surface area contributed by atoms with Gasteiger partial charge in [-0.05, 0) is 79.6 Å². The smallest absolute Gasteiger partial charge is 0.264 e. The highest BCUT2D eigenvalue weighted by Crippen LogP contribution is 2.42. The Bertz CT molecular complexity index is 1390. The van der Waals surface area contributed by atoms with Gasteiger partial charge < -0.3 is 5.32 Å². The molecule has 1 heterocycles. The van der Waals surface area contributed by atoms with Gasteiger partial charge >= 0.3 is 0 Å². The molecule has 1 aliphatic heterocycles. The molecule has 3 aromatic rings. The van der Waals surface area contributed by atoms with E-state index in [-0.39, 0.29) is 11.5 Å². The topological polar surface area (TPSA) is 73.2 Å². The fourth-order valence-electron chi connectivity index (χ4n) is 4.10. The molecule has 0 spiro atoms. The first-order chi connectivity index (χ1) is 17.3. The van der Waals surface area contributed by atoms with Crippen LogP contribution in [0.1, 0.15) is 33.4 Å². The maximum absolute atomic E-state index is 13.7. The molecule has 0 aliphatic carbocycles. The lowest BCUT2D eigenvalue weighted by molar-refractivity contribution is -0.117. The zero-order chi connectivity index (χ0) is 25.8. The first kappa shape index (κ1) is 25.3. The summed E-state index contributed by atoms with van der Waals surface area (Å²) in [4.78, 5) is 28.4. The number of benzene rings is 3. The van der Waals surface area contributed by atoms with Crippen molar-refractivity contribution in [2.24, 2.45) is 0 Å². The lowest BCUT2D eigenvalue weighted by Crippen LogP contribution is -2.32. The number of carbonyl (C=O) groups excluding carboxylic acids is 2. The Morgan fingerprint density at radius 1 is 0.917 bits per heavy atom. The van der Waals surface area contributed by atoms with Crippen molar-refractivity contribution in [3.05, 3.63) is 111 Å². The third-order valence-electron chi connectivity index (χ3n) is 6.54. The number of hydrogen-bond donors (Lipinski definition) is 1. The van der Waals surface area contributed by atoms with Gasteiger partial charge in [0.2, 0.25) is 5.91 Å². The van der Waals surface area contributed by atoms with E-state index in [9.17, 15) is 14.9 Å². The van der Waals surface area contributed by atoms with Crippen molar-refractivity contribution in [1.82, 2.24) is 5.32 Å². The molecule has 0 bridgehead atoms. The van der Waals surface area contributed by atoms with Gasteiger partial charge in [0.25, 0.3) is 5.91 Å². The number of carbonyl (C=O) groups is 2. The molecule has 0 radical (unpaired) electrons. The van der Waals surface area contributed by atoms with E-state index in [1.807, 2.05) is 68.4 Å². The van der Waals surface area contributed by atoms with Crippen LogP contribution in [-0.2, 0) is 22.6 Å². The number of nitrogens with zero attached hydrogens (tertiary/aromatic N) is 2. The molecule has 1 N–H and O–H groups in total. The van der Waals surface area contributed by atoms with Gasteiger partial charge in [-0.2, -0.15) is 5.26 Å². The average molecular weight is 496 g/mol. The second kappa shape index (κ2) is 10.8. The van der Waals surface area contributed by atoms with Gasteiger partial charge in [0.05, 0.1) is 5.25 Å². The molecular weight excluding hydrogens is 466 g/mol. The van der Waals surface area contributed by atoms with Crippen LogP contribution in [0.15, 0.2) is 77.3 Å². The van der Waals surface area contributed by atoms with E-state index in [1.54, 1.807) is 4.90 Å². The molecule has 3 aromatic carbocycles. The van der Waals surface area contributed by atoms with Crippen molar-refractivity contribution in [2.45, 2.75) is 45.9 Å². The largest absolute Gasteiger partial charge is 0.347 e. The minimum absolute atomic E-state index is 0.0508. The first-order valence-electron chi connectivity index (χ1n) is 11.9. The molecule has 4 rings (SSSR count). The second-order valence-electron chi connectivity index (χ2n) is 9.13. The SMILES string of the molecule is Cc1ccc(CC2S/C(=C(/C#N)C(=O)NCc3ccccc3)N(c3ccc(C)c(C)c3)C2=O)cc1C. The highest BCUT2D eigenvalue weighted by atomic mass is 32.2. The summed E-state index contributed by atoms with van der Waals surface area (Å²) >= 11 is 1.29. The Morgan fingerprint density at radius 2 is 1.58 bits per heavy atom. The van der Waals surface area contributed by atoms with Crippen LogP contribution in [0.4, 0.5) is 5.69 Å². The molecule has 0 saturated carbocycles. The van der Waals surface area contributed by atoms with E-state index in [0.29, 0.717) is 23.7 Å². The van der Waals surface area contributed by atoms with Gasteiger partial charge in [-0.15, -0.1) is 0 Å². The average Bonchev–Trinajstić information content (AvgIpc) is 3.18. The van der Waals surface area contributed by atoms with E-state index in [1.165, 1.54) is 22.9 Å². The van der Waals surface area contributed by atoms with E-state index >= 15 is 0 Å². The molecule has 182 valence electrons. The van der Waals surface area contributed by atoms with Crippen LogP contribution >= 0.6 is 11.8 Å².